The van der Waals surface area contributed by atoms with Crippen LogP contribution in [0.25, 0.3) is 10.9 Å². The Bertz CT molecular complexity index is 1410. The highest BCUT2D eigenvalue weighted by Gasteiger charge is 2.20. The van der Waals surface area contributed by atoms with Crippen LogP contribution in [-0.2, 0) is 17.1 Å². The zero-order valence-electron chi connectivity index (χ0n) is 18.4. The molecule has 1 unspecified atom stereocenters. The topological polar surface area (TPSA) is 159 Å². The molecule has 1 aromatic heterocycles. The molecule has 4 amide bonds. The molecule has 0 saturated heterocycles. The molecule has 0 bridgehead atoms. The lowest BCUT2D eigenvalue weighted by Crippen LogP contribution is -2.47. The minimum atomic E-state index is -4.21. The fraction of sp³-hybridized carbons (Fsp3) is 0.190. The molecule has 0 spiro atoms. The lowest BCUT2D eigenvalue weighted by Gasteiger charge is -2.14. The number of hydrogen-bond donors (Lipinski definition) is 5. The maximum absolute atomic E-state index is 12.8. The van der Waals surface area contributed by atoms with E-state index >= 15 is 0 Å². The van der Waals surface area contributed by atoms with E-state index < -0.39 is 34.1 Å². The van der Waals surface area contributed by atoms with Gasteiger partial charge >= 0.3 is 12.1 Å². The van der Waals surface area contributed by atoms with E-state index in [4.69, 9.17) is 28.3 Å². The third-order valence-corrected chi connectivity index (χ3v) is 7.10. The van der Waals surface area contributed by atoms with Gasteiger partial charge in [-0.3, -0.25) is 4.79 Å². The van der Waals surface area contributed by atoms with Gasteiger partial charge in [-0.2, -0.15) is 0 Å². The summed E-state index contributed by atoms with van der Waals surface area (Å²) in [4.78, 5) is 35.0. The summed E-state index contributed by atoms with van der Waals surface area (Å²) in [5.74, 6) is -0.451. The van der Waals surface area contributed by atoms with E-state index in [1.165, 1.54) is 31.2 Å². The number of hydrogen-bond acceptors (Lipinski definition) is 5. The molecule has 0 aliphatic rings. The highest BCUT2D eigenvalue weighted by molar-refractivity contribution is 7.90. The van der Waals surface area contributed by atoms with E-state index in [1.807, 2.05) is 4.72 Å². The van der Waals surface area contributed by atoms with Gasteiger partial charge in [0.2, 0.25) is 0 Å². The van der Waals surface area contributed by atoms with Crippen LogP contribution in [0.15, 0.2) is 47.4 Å². The molecule has 5 N–H and O–H groups in total. The molecule has 14 heteroatoms. The normalized spacial score (nSPS) is 12.1. The Morgan fingerprint density at radius 3 is 2.37 bits per heavy atom. The molecule has 0 aliphatic heterocycles. The number of halogens is 2. The lowest BCUT2D eigenvalue weighted by molar-refractivity contribution is 0.101. The van der Waals surface area contributed by atoms with Crippen LogP contribution in [0.4, 0.5) is 15.3 Å². The average molecular weight is 542 g/mol. The molecule has 3 aromatic rings. The van der Waals surface area contributed by atoms with E-state index in [9.17, 15) is 22.8 Å². The average Bonchev–Trinajstić information content (AvgIpc) is 3.12. The SMILES string of the molecule is CC(CNC(=O)O)NC(=O)NS(=O)(=O)c1ccc(NC(=O)c2cc3c(Cl)c(Cl)ccc3n2C)cc1. The molecule has 0 fully saturated rings. The van der Waals surface area contributed by atoms with Gasteiger partial charge in [-0.15, -0.1) is 0 Å². The van der Waals surface area contributed by atoms with Gasteiger partial charge in [-0.1, -0.05) is 23.2 Å². The lowest BCUT2D eigenvalue weighted by atomic mass is 10.2. The first kappa shape index (κ1) is 26.1. The minimum Gasteiger partial charge on any atom is -0.465 e. The smallest absolute Gasteiger partial charge is 0.404 e. The Morgan fingerprint density at radius 2 is 1.74 bits per heavy atom. The summed E-state index contributed by atoms with van der Waals surface area (Å²) in [5, 5.41) is 16.9. The number of aryl methyl sites for hydroxylation is 1. The third-order valence-electron chi connectivity index (χ3n) is 4.93. The van der Waals surface area contributed by atoms with Gasteiger partial charge in [0.1, 0.15) is 5.69 Å². The van der Waals surface area contributed by atoms with Crippen LogP contribution >= 0.6 is 23.2 Å². The van der Waals surface area contributed by atoms with Crippen LogP contribution in [0.5, 0.6) is 0 Å². The number of nitrogens with one attached hydrogen (secondary N) is 4. The Hall–Kier alpha value is -3.48. The van der Waals surface area contributed by atoms with Crippen molar-refractivity contribution < 1.29 is 27.9 Å². The predicted octanol–water partition coefficient (Wildman–Crippen LogP) is 3.38. The molecule has 3 rings (SSSR count). The fourth-order valence-corrected chi connectivity index (χ4v) is 4.50. The number of carbonyl (C=O) groups excluding carboxylic acids is 2. The number of aromatic nitrogens is 1. The van der Waals surface area contributed by atoms with Gasteiger partial charge in [-0.25, -0.2) is 22.7 Å². The van der Waals surface area contributed by atoms with Crippen LogP contribution in [0, 0.1) is 0 Å². The summed E-state index contributed by atoms with van der Waals surface area (Å²) in [5.41, 5.74) is 1.34. The summed E-state index contributed by atoms with van der Waals surface area (Å²) in [6.45, 7) is 1.39. The second-order valence-corrected chi connectivity index (χ2v) is 9.99. The van der Waals surface area contributed by atoms with E-state index in [-0.39, 0.29) is 11.4 Å². The molecular formula is C21H21Cl2N5O6S. The number of carbonyl (C=O) groups is 3. The van der Waals surface area contributed by atoms with E-state index in [0.29, 0.717) is 32.3 Å². The second kappa shape index (κ2) is 10.4. The van der Waals surface area contributed by atoms with Gasteiger partial charge in [0.05, 0.1) is 14.9 Å². The molecule has 35 heavy (non-hydrogen) atoms. The molecular weight excluding hydrogens is 521 g/mol. The van der Waals surface area contributed by atoms with Crippen molar-refractivity contribution in [3.8, 4) is 0 Å². The van der Waals surface area contributed by atoms with Gasteiger partial charge < -0.3 is 25.6 Å². The number of anilines is 1. The van der Waals surface area contributed by atoms with Crippen LogP contribution in [0.1, 0.15) is 17.4 Å². The molecule has 0 saturated carbocycles. The largest absolute Gasteiger partial charge is 0.465 e. The Balaban J connectivity index is 1.67. The number of fused-ring (bicyclic) bond motifs is 1. The summed E-state index contributed by atoms with van der Waals surface area (Å²) >= 11 is 12.3. The quantitative estimate of drug-likeness (QED) is 0.308. The molecule has 1 atom stereocenters. The van der Waals surface area contributed by atoms with Gasteiger partial charge in [0.15, 0.2) is 0 Å². The summed E-state index contributed by atoms with van der Waals surface area (Å²) < 4.78 is 28.4. The number of sulfonamides is 1. The highest BCUT2D eigenvalue weighted by Crippen LogP contribution is 2.32. The van der Waals surface area contributed by atoms with Gasteiger partial charge in [0.25, 0.3) is 15.9 Å². The minimum absolute atomic E-state index is 0.104. The number of carboxylic acid groups (broad SMARTS) is 1. The van der Waals surface area contributed by atoms with E-state index in [0.717, 1.165) is 0 Å². The van der Waals surface area contributed by atoms with Crippen molar-refractivity contribution in [3.63, 3.8) is 0 Å². The maximum Gasteiger partial charge on any atom is 0.404 e. The van der Waals surface area contributed by atoms with Crippen molar-refractivity contribution >= 4 is 67.8 Å². The molecule has 11 nitrogen and oxygen atoms in total. The van der Waals surface area contributed by atoms with E-state index in [1.54, 1.807) is 29.8 Å². The standard InChI is InChI=1S/C21H21Cl2N5O6S/c1-11(10-24-21(31)32)25-20(30)27-35(33,34)13-5-3-12(4-6-13)26-19(29)17-9-14-16(28(17)2)8-7-15(22)18(14)23/h3-9,11,24H,10H2,1-2H3,(H,26,29)(H,31,32)(H2,25,27,30). The first-order chi connectivity index (χ1) is 16.4. The number of urea groups is 1. The zero-order chi connectivity index (χ0) is 25.9. The van der Waals surface area contributed by atoms with Crippen LogP contribution in [0.2, 0.25) is 10.0 Å². The molecule has 0 radical (unpaired) electrons. The van der Waals surface area contributed by atoms with E-state index in [2.05, 4.69) is 16.0 Å². The second-order valence-electron chi connectivity index (χ2n) is 7.53. The molecule has 2 aromatic carbocycles. The summed E-state index contributed by atoms with van der Waals surface area (Å²) in [7, 11) is -2.51. The number of nitrogens with zero attached hydrogens (tertiary/aromatic N) is 1. The van der Waals surface area contributed by atoms with Crippen molar-refractivity contribution in [2.45, 2.75) is 17.9 Å². The Morgan fingerprint density at radius 1 is 1.09 bits per heavy atom. The first-order valence-corrected chi connectivity index (χ1v) is 12.3. The van der Waals surface area contributed by atoms with Crippen molar-refractivity contribution in [2.75, 3.05) is 11.9 Å². The molecule has 186 valence electrons. The van der Waals surface area contributed by atoms with Crippen LogP contribution < -0.4 is 20.7 Å². The molecule has 1 heterocycles. The van der Waals surface area contributed by atoms with Crippen LogP contribution in [0.3, 0.4) is 0 Å². The number of amides is 4. The van der Waals surface area contributed by atoms with Crippen molar-refractivity contribution in [3.05, 3.63) is 58.2 Å². The maximum atomic E-state index is 12.8. The predicted molar refractivity (Wildman–Crippen MR) is 132 cm³/mol. The van der Waals surface area contributed by atoms with Crippen LogP contribution in [-0.4, -0.2) is 48.7 Å². The zero-order valence-corrected chi connectivity index (χ0v) is 20.8. The van der Waals surface area contributed by atoms with Gasteiger partial charge in [-0.05, 0) is 49.4 Å². The number of benzene rings is 2. The molecule has 0 aliphatic carbocycles. The number of rotatable bonds is 7. The van der Waals surface area contributed by atoms with Crippen molar-refractivity contribution in [1.29, 1.82) is 0 Å². The Labute approximate surface area is 210 Å². The van der Waals surface area contributed by atoms with Crippen molar-refractivity contribution in [2.24, 2.45) is 7.05 Å². The van der Waals surface area contributed by atoms with Crippen molar-refractivity contribution in [1.82, 2.24) is 19.9 Å². The summed E-state index contributed by atoms with van der Waals surface area (Å²) in [6, 6.07) is 8.49. The monoisotopic (exact) mass is 541 g/mol. The third kappa shape index (κ3) is 6.15. The Kier molecular flexibility index (Phi) is 7.78. The first-order valence-electron chi connectivity index (χ1n) is 10.0. The van der Waals surface area contributed by atoms with Gasteiger partial charge in [0, 0.05) is 36.2 Å². The highest BCUT2D eigenvalue weighted by atomic mass is 35.5. The fourth-order valence-electron chi connectivity index (χ4n) is 3.21. The summed E-state index contributed by atoms with van der Waals surface area (Å²) in [6.07, 6.45) is -1.27.